The SMILES string of the molecule is O=[N+]([O-])c1ccc(F)c(Br)c1OCc1ccccc1. The average Bonchev–Trinajstić information content (AvgIpc) is 2.41. The molecule has 0 fully saturated rings. The lowest BCUT2D eigenvalue weighted by molar-refractivity contribution is -0.386. The minimum Gasteiger partial charge on any atom is -0.481 e. The quantitative estimate of drug-likeness (QED) is 0.628. The number of benzene rings is 2. The summed E-state index contributed by atoms with van der Waals surface area (Å²) in [6.45, 7) is 0.129. The Morgan fingerprint density at radius 3 is 2.53 bits per heavy atom. The zero-order valence-electron chi connectivity index (χ0n) is 9.68. The van der Waals surface area contributed by atoms with Crippen LogP contribution in [0.3, 0.4) is 0 Å². The zero-order valence-corrected chi connectivity index (χ0v) is 11.3. The molecule has 0 aliphatic rings. The average molecular weight is 326 g/mol. The molecule has 0 spiro atoms. The maximum absolute atomic E-state index is 13.4. The van der Waals surface area contributed by atoms with Crippen LogP contribution in [0.15, 0.2) is 46.9 Å². The van der Waals surface area contributed by atoms with Gasteiger partial charge >= 0.3 is 5.69 Å². The lowest BCUT2D eigenvalue weighted by Gasteiger charge is -2.09. The zero-order chi connectivity index (χ0) is 13.8. The highest BCUT2D eigenvalue weighted by atomic mass is 79.9. The maximum atomic E-state index is 13.4. The van der Waals surface area contributed by atoms with Crippen molar-refractivity contribution < 1.29 is 14.1 Å². The summed E-state index contributed by atoms with van der Waals surface area (Å²) in [5, 5.41) is 10.9. The molecule has 0 aromatic heterocycles. The van der Waals surface area contributed by atoms with Gasteiger partial charge in [-0.25, -0.2) is 4.39 Å². The molecule has 0 saturated heterocycles. The number of nitro benzene ring substituents is 1. The van der Waals surface area contributed by atoms with Gasteiger partial charge in [0.1, 0.15) is 16.9 Å². The molecule has 0 heterocycles. The van der Waals surface area contributed by atoms with E-state index in [1.807, 2.05) is 30.3 Å². The largest absolute Gasteiger partial charge is 0.481 e. The summed E-state index contributed by atoms with van der Waals surface area (Å²) in [6, 6.07) is 11.3. The van der Waals surface area contributed by atoms with Crippen molar-refractivity contribution in [1.82, 2.24) is 0 Å². The van der Waals surface area contributed by atoms with Gasteiger partial charge in [0, 0.05) is 6.07 Å². The van der Waals surface area contributed by atoms with Crippen LogP contribution < -0.4 is 4.74 Å². The molecule has 0 atom stereocenters. The highest BCUT2D eigenvalue weighted by molar-refractivity contribution is 9.10. The van der Waals surface area contributed by atoms with Gasteiger partial charge < -0.3 is 4.74 Å². The van der Waals surface area contributed by atoms with E-state index < -0.39 is 10.7 Å². The third kappa shape index (κ3) is 3.08. The van der Waals surface area contributed by atoms with Crippen LogP contribution in [0.5, 0.6) is 5.75 Å². The number of rotatable bonds is 4. The van der Waals surface area contributed by atoms with Crippen molar-refractivity contribution >= 4 is 21.6 Å². The van der Waals surface area contributed by atoms with Gasteiger partial charge in [-0.2, -0.15) is 0 Å². The molecule has 6 heteroatoms. The smallest absolute Gasteiger partial charge is 0.312 e. The van der Waals surface area contributed by atoms with Gasteiger partial charge in [-0.3, -0.25) is 10.1 Å². The van der Waals surface area contributed by atoms with Gasteiger partial charge in [0.15, 0.2) is 0 Å². The third-order valence-electron chi connectivity index (χ3n) is 2.45. The molecule has 0 bridgehead atoms. The molecule has 98 valence electrons. The number of nitrogens with zero attached hydrogens (tertiary/aromatic N) is 1. The van der Waals surface area contributed by atoms with Crippen molar-refractivity contribution in [2.75, 3.05) is 0 Å². The fraction of sp³-hybridized carbons (Fsp3) is 0.0769. The predicted molar refractivity (Wildman–Crippen MR) is 71.5 cm³/mol. The minimum atomic E-state index is -0.607. The lowest BCUT2D eigenvalue weighted by atomic mass is 10.2. The number of ether oxygens (including phenoxy) is 1. The first kappa shape index (κ1) is 13.5. The normalized spacial score (nSPS) is 10.2. The van der Waals surface area contributed by atoms with E-state index >= 15 is 0 Å². The van der Waals surface area contributed by atoms with Crippen LogP contribution in [0, 0.1) is 15.9 Å². The molecule has 2 aromatic rings. The molecule has 0 radical (unpaired) electrons. The van der Waals surface area contributed by atoms with Crippen molar-refractivity contribution in [2.24, 2.45) is 0 Å². The predicted octanol–water partition coefficient (Wildman–Crippen LogP) is 4.08. The molecule has 2 aromatic carbocycles. The lowest BCUT2D eigenvalue weighted by Crippen LogP contribution is -2.01. The highest BCUT2D eigenvalue weighted by Crippen LogP contribution is 2.37. The van der Waals surface area contributed by atoms with Crippen molar-refractivity contribution in [3.05, 3.63) is 68.4 Å². The molecule has 0 amide bonds. The van der Waals surface area contributed by atoms with Crippen molar-refractivity contribution in [1.29, 1.82) is 0 Å². The van der Waals surface area contributed by atoms with Crippen LogP contribution in [0.25, 0.3) is 0 Å². The molecular formula is C13H9BrFNO3. The number of hydrogen-bond donors (Lipinski definition) is 0. The van der Waals surface area contributed by atoms with Crippen LogP contribution >= 0.6 is 15.9 Å². The molecular weight excluding hydrogens is 317 g/mol. The molecule has 19 heavy (non-hydrogen) atoms. The molecule has 0 aliphatic carbocycles. The maximum Gasteiger partial charge on any atom is 0.312 e. The van der Waals surface area contributed by atoms with E-state index in [0.29, 0.717) is 0 Å². The Morgan fingerprint density at radius 1 is 1.21 bits per heavy atom. The van der Waals surface area contributed by atoms with E-state index in [9.17, 15) is 14.5 Å². The van der Waals surface area contributed by atoms with E-state index in [4.69, 9.17) is 4.74 Å². The summed E-state index contributed by atoms with van der Waals surface area (Å²) in [5.74, 6) is -0.706. The van der Waals surface area contributed by atoms with Crippen molar-refractivity contribution in [3.8, 4) is 5.75 Å². The second-order valence-corrected chi connectivity index (χ2v) is 4.53. The Kier molecular flexibility index (Phi) is 4.11. The minimum absolute atomic E-state index is 0.0439. The fourth-order valence-corrected chi connectivity index (χ4v) is 1.98. The standard InChI is InChI=1S/C13H9BrFNO3/c14-12-10(15)6-7-11(16(17)18)13(12)19-8-9-4-2-1-3-5-9/h1-7H,8H2. The van der Waals surface area contributed by atoms with Crippen LogP contribution in [0.4, 0.5) is 10.1 Å². The Labute approximate surface area is 117 Å². The summed E-state index contributed by atoms with van der Waals surface area (Å²) in [5.41, 5.74) is 0.567. The van der Waals surface area contributed by atoms with E-state index in [1.165, 1.54) is 0 Å². The molecule has 0 aliphatic heterocycles. The first-order valence-corrected chi connectivity index (χ1v) is 6.18. The molecule has 0 saturated carbocycles. The van der Waals surface area contributed by atoms with Crippen LogP contribution in [-0.2, 0) is 6.61 Å². The molecule has 0 unspecified atom stereocenters. The van der Waals surface area contributed by atoms with E-state index in [1.54, 1.807) is 0 Å². The van der Waals surface area contributed by atoms with E-state index in [-0.39, 0.29) is 22.5 Å². The van der Waals surface area contributed by atoms with Gasteiger partial charge in [0.05, 0.1) is 4.92 Å². The van der Waals surface area contributed by atoms with Gasteiger partial charge in [0.25, 0.3) is 0 Å². The monoisotopic (exact) mass is 325 g/mol. The van der Waals surface area contributed by atoms with Crippen LogP contribution in [0.1, 0.15) is 5.56 Å². The summed E-state index contributed by atoms with van der Waals surface area (Å²) < 4.78 is 18.7. The van der Waals surface area contributed by atoms with Crippen molar-refractivity contribution in [2.45, 2.75) is 6.61 Å². The summed E-state index contributed by atoms with van der Waals surface area (Å²) in [7, 11) is 0. The first-order valence-electron chi connectivity index (χ1n) is 5.38. The van der Waals surface area contributed by atoms with Crippen LogP contribution in [-0.4, -0.2) is 4.92 Å². The Balaban J connectivity index is 2.28. The summed E-state index contributed by atoms with van der Waals surface area (Å²) in [6.07, 6.45) is 0. The topological polar surface area (TPSA) is 52.4 Å². The van der Waals surface area contributed by atoms with Gasteiger partial charge in [0.2, 0.25) is 5.75 Å². The first-order chi connectivity index (χ1) is 9.09. The van der Waals surface area contributed by atoms with E-state index in [0.717, 1.165) is 17.7 Å². The Bertz CT molecular complexity index is 604. The summed E-state index contributed by atoms with van der Waals surface area (Å²) in [4.78, 5) is 10.3. The molecule has 2 rings (SSSR count). The van der Waals surface area contributed by atoms with Gasteiger partial charge in [-0.15, -0.1) is 0 Å². The molecule has 4 nitrogen and oxygen atoms in total. The number of halogens is 2. The van der Waals surface area contributed by atoms with E-state index in [2.05, 4.69) is 15.9 Å². The Morgan fingerprint density at radius 2 is 1.89 bits per heavy atom. The van der Waals surface area contributed by atoms with Crippen LogP contribution in [0.2, 0.25) is 0 Å². The van der Waals surface area contributed by atoms with Gasteiger partial charge in [-0.1, -0.05) is 30.3 Å². The highest BCUT2D eigenvalue weighted by Gasteiger charge is 2.21. The number of hydrogen-bond acceptors (Lipinski definition) is 3. The summed E-state index contributed by atoms with van der Waals surface area (Å²) >= 11 is 2.97. The third-order valence-corrected chi connectivity index (χ3v) is 3.19. The molecule has 0 N–H and O–H groups in total. The Hall–Kier alpha value is -1.95. The van der Waals surface area contributed by atoms with Gasteiger partial charge in [-0.05, 0) is 27.6 Å². The number of nitro groups is 1. The second-order valence-electron chi connectivity index (χ2n) is 3.74. The fourth-order valence-electron chi connectivity index (χ4n) is 1.53. The second kappa shape index (κ2) is 5.79. The van der Waals surface area contributed by atoms with Crippen molar-refractivity contribution in [3.63, 3.8) is 0 Å².